The lowest BCUT2D eigenvalue weighted by Crippen LogP contribution is -2.69. The van der Waals surface area contributed by atoms with Gasteiger partial charge in [0.05, 0.1) is 26.4 Å². The van der Waals surface area contributed by atoms with E-state index in [9.17, 15) is 61.0 Å². The minimum absolute atomic E-state index is 0.118. The van der Waals surface area contributed by atoms with Crippen molar-refractivity contribution < 1.29 is 104 Å². The van der Waals surface area contributed by atoms with Crippen LogP contribution in [-0.2, 0) is 47.4 Å². The summed E-state index contributed by atoms with van der Waals surface area (Å²) in [5, 5.41) is 119. The lowest BCUT2D eigenvalue weighted by molar-refractivity contribution is -0.386. The number of amides is 1. The van der Waals surface area contributed by atoms with E-state index in [0.29, 0.717) is 6.42 Å². The molecule has 0 unspecified atom stereocenters. The molecule has 0 bridgehead atoms. The van der Waals surface area contributed by atoms with Crippen LogP contribution in [0, 0.1) is 0 Å². The number of aliphatic hydroxyl groups excluding tert-OH is 11. The van der Waals surface area contributed by atoms with Crippen LogP contribution in [0.25, 0.3) is 0 Å². The van der Waals surface area contributed by atoms with Gasteiger partial charge in [0.2, 0.25) is 5.91 Å². The second kappa shape index (κ2) is 23.0. The highest BCUT2D eigenvalue weighted by molar-refractivity contribution is 5.73. The molecule has 4 saturated heterocycles. The molecule has 57 heavy (non-hydrogen) atoms. The van der Waals surface area contributed by atoms with Crippen LogP contribution in [0.3, 0.4) is 0 Å². The number of aliphatic hydroxyl groups is 11. The summed E-state index contributed by atoms with van der Waals surface area (Å²) in [6, 6.07) is -1.47. The molecule has 22 heteroatoms. The third-order valence-corrected chi connectivity index (χ3v) is 10.6. The van der Waals surface area contributed by atoms with Gasteiger partial charge in [-0.1, -0.05) is 39.0 Å². The lowest BCUT2D eigenvalue weighted by atomic mass is 9.95. The highest BCUT2D eigenvalue weighted by Gasteiger charge is 2.55. The Balaban J connectivity index is 1.60. The lowest BCUT2D eigenvalue weighted by Gasteiger charge is -2.49. The Morgan fingerprint density at radius 2 is 1.09 bits per heavy atom. The van der Waals surface area contributed by atoms with Gasteiger partial charge in [-0.3, -0.25) is 4.79 Å². The molecule has 0 aromatic rings. The number of unbranched alkanes of at least 4 members (excludes halogenated alkanes) is 5. The Hall–Kier alpha value is -1.33. The molecule has 0 aromatic heterocycles. The normalized spacial score (nSPS) is 44.2. The summed E-state index contributed by atoms with van der Waals surface area (Å²) in [5.41, 5.74) is 0. The van der Waals surface area contributed by atoms with E-state index in [1.165, 1.54) is 7.11 Å². The van der Waals surface area contributed by atoms with Crippen molar-refractivity contribution in [3.8, 4) is 0 Å². The molecule has 4 rings (SSSR count). The second-order valence-corrected chi connectivity index (χ2v) is 14.7. The number of methoxy groups -OCH3 is 1. The van der Waals surface area contributed by atoms with Crippen molar-refractivity contribution in [2.24, 2.45) is 0 Å². The second-order valence-electron chi connectivity index (χ2n) is 14.7. The minimum Gasteiger partial charge on any atom is -0.394 e. The van der Waals surface area contributed by atoms with Crippen LogP contribution >= 0.6 is 0 Å². The van der Waals surface area contributed by atoms with Crippen molar-refractivity contribution in [1.82, 2.24) is 5.32 Å². The first-order valence-corrected chi connectivity index (χ1v) is 19.5. The summed E-state index contributed by atoms with van der Waals surface area (Å²) in [5.74, 6) is -0.660. The van der Waals surface area contributed by atoms with E-state index in [1.54, 1.807) is 0 Å². The quantitative estimate of drug-likeness (QED) is 0.0509. The highest BCUT2D eigenvalue weighted by atomic mass is 16.8. The molecule has 4 aliphatic heterocycles. The largest absolute Gasteiger partial charge is 0.394 e. The number of hydrogen-bond donors (Lipinski definition) is 12. The summed E-state index contributed by atoms with van der Waals surface area (Å²) >= 11 is 0. The van der Waals surface area contributed by atoms with Crippen molar-refractivity contribution in [3.63, 3.8) is 0 Å². The molecule has 0 aromatic carbocycles. The maximum atomic E-state index is 12.1. The van der Waals surface area contributed by atoms with E-state index in [0.717, 1.165) is 39.0 Å². The fourth-order valence-corrected chi connectivity index (χ4v) is 7.30. The maximum Gasteiger partial charge on any atom is 0.217 e. The molecular weight excluding hydrogens is 770 g/mol. The van der Waals surface area contributed by atoms with Gasteiger partial charge in [-0.05, 0) is 6.42 Å². The smallest absolute Gasteiger partial charge is 0.217 e. The zero-order chi connectivity index (χ0) is 42.0. The van der Waals surface area contributed by atoms with E-state index in [1.807, 2.05) is 0 Å². The van der Waals surface area contributed by atoms with E-state index in [4.69, 9.17) is 42.6 Å². The molecule has 12 N–H and O–H groups in total. The van der Waals surface area contributed by atoms with Crippen LogP contribution in [0.1, 0.15) is 52.4 Å². The van der Waals surface area contributed by atoms with E-state index < -0.39 is 155 Å². The minimum atomic E-state index is -1.80. The first kappa shape index (κ1) is 48.3. The van der Waals surface area contributed by atoms with Gasteiger partial charge < -0.3 is 104 Å². The maximum absolute atomic E-state index is 12.1. The Morgan fingerprint density at radius 3 is 1.70 bits per heavy atom. The van der Waals surface area contributed by atoms with Crippen molar-refractivity contribution in [1.29, 1.82) is 0 Å². The molecule has 4 fully saturated rings. The monoisotopic (exact) mass is 833 g/mol. The van der Waals surface area contributed by atoms with E-state index >= 15 is 0 Å². The summed E-state index contributed by atoms with van der Waals surface area (Å²) in [6.45, 7) is 0.522. The summed E-state index contributed by atoms with van der Waals surface area (Å²) < 4.78 is 52.1. The van der Waals surface area contributed by atoms with E-state index in [-0.39, 0.29) is 6.61 Å². The molecule has 0 saturated carbocycles. The Kier molecular flexibility index (Phi) is 19.5. The number of carbonyl (C=O) groups excluding carboxylic acids is 1. The van der Waals surface area contributed by atoms with Crippen LogP contribution in [0.5, 0.6) is 0 Å². The third-order valence-electron chi connectivity index (χ3n) is 10.6. The van der Waals surface area contributed by atoms with Crippen molar-refractivity contribution in [2.75, 3.05) is 40.1 Å². The van der Waals surface area contributed by atoms with Gasteiger partial charge >= 0.3 is 0 Å². The third kappa shape index (κ3) is 11.9. The Labute approximate surface area is 330 Å². The predicted octanol–water partition coefficient (Wildman–Crippen LogP) is -5.57. The number of ether oxygens (including phenoxy) is 9. The van der Waals surface area contributed by atoms with Crippen LogP contribution in [-0.4, -0.2) is 225 Å². The van der Waals surface area contributed by atoms with Gasteiger partial charge in [-0.15, -0.1) is 0 Å². The van der Waals surface area contributed by atoms with E-state index in [2.05, 4.69) is 12.2 Å². The van der Waals surface area contributed by atoms with Crippen molar-refractivity contribution in [2.45, 2.75) is 175 Å². The fraction of sp³-hybridized carbons (Fsp3) is 0.971. The first-order valence-electron chi connectivity index (χ1n) is 19.5. The standard InChI is InChI=1S/C35H63NO21/c1-4-5-6-7-8-9-10-50-34-28(48)30(23(43)19(55-34)14-51-33-26(46)25(45)22(42)17(12-38)53-33)56-35-31(27(47)29(49-3)18(13-39)54-35)57-32-20(36-15(2)40)24(44)21(41)16(11-37)52-32/h16-35,37-39,41-48H,4-14H2,1-3H3,(H,36,40)/t16-,17-,18-,19-,20-,21-,22-,23-,24-,25+,26+,27+,28+,29-,30+,31+,32+,33+,34-,35-/m1/s1. The van der Waals surface area contributed by atoms with Gasteiger partial charge in [0.1, 0.15) is 97.6 Å². The van der Waals surface area contributed by atoms with Gasteiger partial charge in [-0.25, -0.2) is 0 Å². The SMILES string of the molecule is CCCCCCCCO[C@@H]1O[C@H](CO[C@H]2O[C@H](CO)[C@@H](O)[C@H](O)[C@@H]2O)[C@@H](O)[C@H](O[C@H]2O[C@H](CO)[C@@H](OC)[C@H](O)[C@@H]2O[C@@H]2O[C@H](CO)[C@@H](O)[C@H](O)[C@H]2NC(C)=O)[C@@H]1O. The van der Waals surface area contributed by atoms with Gasteiger partial charge in [-0.2, -0.15) is 0 Å². The average Bonchev–Trinajstić information content (AvgIpc) is 3.19. The molecule has 0 aliphatic carbocycles. The molecular formula is C35H63NO21. The molecule has 334 valence electrons. The average molecular weight is 834 g/mol. The van der Waals surface area contributed by atoms with Crippen molar-refractivity contribution >= 4 is 5.91 Å². The van der Waals surface area contributed by atoms with Gasteiger partial charge in [0.15, 0.2) is 25.2 Å². The van der Waals surface area contributed by atoms with Crippen LogP contribution in [0.2, 0.25) is 0 Å². The predicted molar refractivity (Wildman–Crippen MR) is 187 cm³/mol. The molecule has 20 atom stereocenters. The Morgan fingerprint density at radius 1 is 0.544 bits per heavy atom. The Bertz CT molecular complexity index is 1180. The molecule has 4 aliphatic rings. The summed E-state index contributed by atoms with van der Waals surface area (Å²) in [6.07, 6.45) is -25.0. The number of hydrogen-bond acceptors (Lipinski definition) is 21. The number of nitrogens with one attached hydrogen (secondary N) is 1. The summed E-state index contributed by atoms with van der Waals surface area (Å²) in [7, 11) is 1.22. The van der Waals surface area contributed by atoms with Crippen LogP contribution in [0.4, 0.5) is 0 Å². The highest BCUT2D eigenvalue weighted by Crippen LogP contribution is 2.34. The molecule has 1 amide bonds. The molecule has 0 radical (unpaired) electrons. The first-order chi connectivity index (χ1) is 27.2. The van der Waals surface area contributed by atoms with Crippen molar-refractivity contribution in [3.05, 3.63) is 0 Å². The van der Waals surface area contributed by atoms with Crippen LogP contribution < -0.4 is 5.32 Å². The zero-order valence-electron chi connectivity index (χ0n) is 32.3. The topological polar surface area (TPSA) is 335 Å². The van der Waals surface area contributed by atoms with Gasteiger partial charge in [0.25, 0.3) is 0 Å². The summed E-state index contributed by atoms with van der Waals surface area (Å²) in [4.78, 5) is 12.1. The molecule has 22 nitrogen and oxygen atoms in total. The fourth-order valence-electron chi connectivity index (χ4n) is 7.30. The van der Waals surface area contributed by atoms with Crippen LogP contribution in [0.15, 0.2) is 0 Å². The molecule has 4 heterocycles. The number of rotatable bonds is 20. The van der Waals surface area contributed by atoms with Gasteiger partial charge in [0, 0.05) is 20.6 Å². The zero-order valence-corrected chi connectivity index (χ0v) is 32.3. The number of carbonyl (C=O) groups is 1. The molecule has 0 spiro atoms.